The van der Waals surface area contributed by atoms with Crippen LogP contribution in [0.15, 0.2) is 85.1 Å². The summed E-state index contributed by atoms with van der Waals surface area (Å²) in [4.78, 5) is 46.1. The Bertz CT molecular complexity index is 1470. The number of nitrogens with one attached hydrogen (secondary N) is 1. The normalized spacial score (nSPS) is 14.2. The molecule has 0 aromatic carbocycles. The summed E-state index contributed by atoms with van der Waals surface area (Å²) >= 11 is 0. The molecule has 0 fully saturated rings. The number of allylic oxidation sites excluding steroid dienone is 14. The zero-order valence-corrected chi connectivity index (χ0v) is 43.5. The van der Waals surface area contributed by atoms with Crippen LogP contribution in [0.5, 0.6) is 0 Å². The van der Waals surface area contributed by atoms with Crippen LogP contribution in [0.25, 0.3) is 0 Å². The van der Waals surface area contributed by atoms with Gasteiger partial charge in [-0.05, 0) is 64.2 Å². The number of hydrogen-bond donors (Lipinski definition) is 4. The minimum absolute atomic E-state index is 0.0613. The number of aliphatic hydroxyl groups is 1. The number of ether oxygens (including phenoxy) is 1. The minimum Gasteiger partial charge on any atom is -0.480 e. The molecule has 68 heavy (non-hydrogen) atoms. The Morgan fingerprint density at radius 1 is 0.485 bits per heavy atom. The van der Waals surface area contributed by atoms with Crippen molar-refractivity contribution in [3.63, 3.8) is 0 Å². The first-order valence-corrected chi connectivity index (χ1v) is 28.1. The molecule has 0 radical (unpaired) electrons. The molecule has 0 aromatic heterocycles. The SMILES string of the molecule is CC/C=C\C/C=C\C/C=C\C/C=C\C/C=C\C/C=C\C/C=C\CCCC(=O)NC(COP(=O)(O)OCC(O)COC(=O)CCCCCCCCCCCCCCCCCCCCCCC)C(=O)O. The molecule has 1 amide bonds. The van der Waals surface area contributed by atoms with Crippen molar-refractivity contribution >= 4 is 25.7 Å². The Labute approximate surface area is 413 Å². The number of aliphatic hydroxyl groups excluding tert-OH is 1. The summed E-state index contributed by atoms with van der Waals surface area (Å²) in [5, 5.41) is 21.9. The molecule has 0 bridgehead atoms. The average molecular weight is 974 g/mol. The van der Waals surface area contributed by atoms with Gasteiger partial charge in [-0.2, -0.15) is 0 Å². The van der Waals surface area contributed by atoms with E-state index in [2.05, 4.69) is 92.1 Å². The summed E-state index contributed by atoms with van der Waals surface area (Å²) in [6.07, 6.45) is 63.3. The van der Waals surface area contributed by atoms with E-state index in [9.17, 15) is 34.1 Å². The van der Waals surface area contributed by atoms with Crippen LogP contribution in [0, 0.1) is 0 Å². The molecule has 3 atom stereocenters. The van der Waals surface area contributed by atoms with Gasteiger partial charge in [-0.25, -0.2) is 9.36 Å². The molecule has 390 valence electrons. The number of amides is 1. The predicted octanol–water partition coefficient (Wildman–Crippen LogP) is 15.0. The van der Waals surface area contributed by atoms with E-state index in [1.54, 1.807) is 0 Å². The van der Waals surface area contributed by atoms with Crippen LogP contribution in [-0.4, -0.2) is 64.9 Å². The summed E-state index contributed by atoms with van der Waals surface area (Å²) in [5.74, 6) is -2.46. The third-order valence-electron chi connectivity index (χ3n) is 11.2. The molecule has 0 aliphatic carbocycles. The summed E-state index contributed by atoms with van der Waals surface area (Å²) in [5.41, 5.74) is 0. The molecule has 0 rings (SSSR count). The Morgan fingerprint density at radius 2 is 0.853 bits per heavy atom. The van der Waals surface area contributed by atoms with Crippen LogP contribution in [0.2, 0.25) is 0 Å². The van der Waals surface area contributed by atoms with Crippen molar-refractivity contribution in [1.29, 1.82) is 0 Å². The van der Waals surface area contributed by atoms with Gasteiger partial charge in [0.1, 0.15) is 12.7 Å². The van der Waals surface area contributed by atoms with Crippen LogP contribution in [0.3, 0.4) is 0 Å². The number of phosphoric ester groups is 1. The van der Waals surface area contributed by atoms with Crippen LogP contribution < -0.4 is 5.32 Å². The number of unbranched alkanes of at least 4 members (excludes halogenated alkanes) is 21. The van der Waals surface area contributed by atoms with Gasteiger partial charge in [0, 0.05) is 12.8 Å². The summed E-state index contributed by atoms with van der Waals surface area (Å²) < 4.78 is 27.0. The highest BCUT2D eigenvalue weighted by molar-refractivity contribution is 7.47. The molecule has 3 unspecified atom stereocenters. The van der Waals surface area contributed by atoms with Gasteiger partial charge in [-0.3, -0.25) is 18.6 Å². The largest absolute Gasteiger partial charge is 0.480 e. The molecular weight excluding hydrogens is 878 g/mol. The molecule has 0 aliphatic heterocycles. The van der Waals surface area contributed by atoms with Crippen LogP contribution in [-0.2, 0) is 32.7 Å². The summed E-state index contributed by atoms with van der Waals surface area (Å²) in [6.45, 7) is 2.47. The van der Waals surface area contributed by atoms with Crippen molar-refractivity contribution in [1.82, 2.24) is 5.32 Å². The fourth-order valence-corrected chi connectivity index (χ4v) is 7.90. The van der Waals surface area contributed by atoms with E-state index >= 15 is 0 Å². The average Bonchev–Trinajstić information content (AvgIpc) is 3.32. The minimum atomic E-state index is -4.78. The highest BCUT2D eigenvalue weighted by Crippen LogP contribution is 2.43. The summed E-state index contributed by atoms with van der Waals surface area (Å²) in [7, 11) is -4.78. The summed E-state index contributed by atoms with van der Waals surface area (Å²) in [6, 6.07) is -1.58. The third-order valence-corrected chi connectivity index (χ3v) is 12.1. The maximum absolute atomic E-state index is 12.4. The van der Waals surface area contributed by atoms with Gasteiger partial charge in [0.25, 0.3) is 0 Å². The van der Waals surface area contributed by atoms with E-state index < -0.39 is 57.6 Å². The molecule has 0 spiro atoms. The van der Waals surface area contributed by atoms with Gasteiger partial charge in [-0.15, -0.1) is 0 Å². The van der Waals surface area contributed by atoms with E-state index in [1.165, 1.54) is 109 Å². The van der Waals surface area contributed by atoms with Crippen molar-refractivity contribution < 1.29 is 47.8 Å². The lowest BCUT2D eigenvalue weighted by atomic mass is 10.0. The fourth-order valence-electron chi connectivity index (χ4n) is 7.13. The lowest BCUT2D eigenvalue weighted by Crippen LogP contribution is -2.43. The molecule has 0 aliphatic rings. The van der Waals surface area contributed by atoms with Crippen molar-refractivity contribution in [3.05, 3.63) is 85.1 Å². The molecule has 0 saturated carbocycles. The number of esters is 1. The van der Waals surface area contributed by atoms with Gasteiger partial charge in [-0.1, -0.05) is 227 Å². The predicted molar refractivity (Wildman–Crippen MR) is 281 cm³/mol. The number of carboxylic acid groups (broad SMARTS) is 1. The highest BCUT2D eigenvalue weighted by Gasteiger charge is 2.28. The van der Waals surface area contributed by atoms with Gasteiger partial charge in [0.2, 0.25) is 5.91 Å². The molecule has 4 N–H and O–H groups in total. The Hall–Kier alpha value is -3.34. The van der Waals surface area contributed by atoms with Crippen molar-refractivity contribution in [2.24, 2.45) is 0 Å². The number of rotatable bonds is 49. The second kappa shape index (κ2) is 50.1. The zero-order valence-electron chi connectivity index (χ0n) is 42.6. The second-order valence-corrected chi connectivity index (χ2v) is 19.1. The first kappa shape index (κ1) is 64.7. The number of phosphoric acid groups is 1. The standard InChI is InChI=1S/C56H96NO10P/c1-3-5-7-9-11-13-15-17-19-21-23-25-26-28-29-31-33-35-37-39-41-43-45-47-54(59)57-53(56(61)62)51-67-68(63,64)66-50-52(58)49-65-55(60)48-46-44-42-40-38-36-34-32-30-27-24-22-20-18-16-14-12-10-8-6-4-2/h5,7,11,13,17,19,23,25,28-29,33,35,39,41,52-53,58H,3-4,6,8-10,12,14-16,18,20-22,24,26-27,30-32,34,36-38,40,42-51H2,1-2H3,(H,57,59)(H,61,62)(H,63,64)/b7-5-,13-11-,19-17-,25-23-,29-28-,35-33-,41-39-. The zero-order chi connectivity index (χ0) is 49.9. The third kappa shape index (κ3) is 49.1. The number of carbonyl (C=O) groups is 3. The molecular formula is C56H96NO10P. The topological polar surface area (TPSA) is 169 Å². The molecule has 0 saturated heterocycles. The van der Waals surface area contributed by atoms with E-state index in [1.807, 2.05) is 12.2 Å². The maximum atomic E-state index is 12.4. The van der Waals surface area contributed by atoms with E-state index in [0.29, 0.717) is 19.3 Å². The monoisotopic (exact) mass is 974 g/mol. The van der Waals surface area contributed by atoms with E-state index in [-0.39, 0.29) is 12.8 Å². The smallest absolute Gasteiger partial charge is 0.472 e. The molecule has 0 heterocycles. The van der Waals surface area contributed by atoms with E-state index in [0.717, 1.165) is 64.2 Å². The molecule has 11 nitrogen and oxygen atoms in total. The molecule has 0 aromatic rings. The van der Waals surface area contributed by atoms with E-state index in [4.69, 9.17) is 13.8 Å². The van der Waals surface area contributed by atoms with Gasteiger partial charge in [0.05, 0.1) is 13.2 Å². The Morgan fingerprint density at radius 3 is 1.25 bits per heavy atom. The Kier molecular flexibility index (Phi) is 47.6. The first-order chi connectivity index (χ1) is 33.1. The van der Waals surface area contributed by atoms with Crippen LogP contribution in [0.1, 0.15) is 219 Å². The first-order valence-electron chi connectivity index (χ1n) is 26.6. The maximum Gasteiger partial charge on any atom is 0.472 e. The van der Waals surface area contributed by atoms with Crippen molar-refractivity contribution in [3.8, 4) is 0 Å². The quantitative estimate of drug-likeness (QED) is 0.0199. The van der Waals surface area contributed by atoms with Crippen molar-refractivity contribution in [2.45, 2.75) is 231 Å². The number of hydrogen-bond acceptors (Lipinski definition) is 8. The second-order valence-electron chi connectivity index (χ2n) is 17.7. The number of carboxylic acids is 1. The lowest BCUT2D eigenvalue weighted by Gasteiger charge is -2.18. The lowest BCUT2D eigenvalue weighted by molar-refractivity contribution is -0.147. The molecule has 12 heteroatoms. The number of carbonyl (C=O) groups excluding carboxylic acids is 2. The Balaban J connectivity index is 3.91. The van der Waals surface area contributed by atoms with Gasteiger partial charge < -0.3 is 25.2 Å². The number of aliphatic carboxylic acids is 1. The van der Waals surface area contributed by atoms with Crippen LogP contribution >= 0.6 is 7.82 Å². The van der Waals surface area contributed by atoms with Crippen LogP contribution in [0.4, 0.5) is 0 Å². The van der Waals surface area contributed by atoms with Gasteiger partial charge >= 0.3 is 19.8 Å². The highest BCUT2D eigenvalue weighted by atomic mass is 31.2. The van der Waals surface area contributed by atoms with Gasteiger partial charge in [0.15, 0.2) is 6.04 Å². The fraction of sp³-hybridized carbons (Fsp3) is 0.696. The van der Waals surface area contributed by atoms with Crippen molar-refractivity contribution in [2.75, 3.05) is 19.8 Å².